The molecular weight excluding hydrogens is 215 g/mol. The van der Waals surface area contributed by atoms with Gasteiger partial charge in [-0.2, -0.15) is 4.39 Å². The Labute approximate surface area is 92.7 Å². The lowest BCUT2D eigenvalue weighted by Crippen LogP contribution is -1.99. The van der Waals surface area contributed by atoms with Crippen LogP contribution in [-0.2, 0) is 5.88 Å². The summed E-state index contributed by atoms with van der Waals surface area (Å²) < 4.78 is 15.4. The summed E-state index contributed by atoms with van der Waals surface area (Å²) in [5.74, 6) is 0.223. The molecule has 0 aliphatic carbocycles. The monoisotopic (exact) mass is 226 g/mol. The molecule has 0 aliphatic heterocycles. The molecule has 0 fully saturated rings. The zero-order valence-corrected chi connectivity index (χ0v) is 9.42. The first-order valence-electron chi connectivity index (χ1n) is 4.86. The van der Waals surface area contributed by atoms with Gasteiger partial charge < -0.3 is 0 Å². The topological polar surface area (TPSA) is 17.3 Å². The highest BCUT2D eigenvalue weighted by molar-refractivity contribution is 6.16. The van der Waals surface area contributed by atoms with E-state index in [4.69, 9.17) is 11.6 Å². The second-order valence-corrected chi connectivity index (χ2v) is 4.10. The third-order valence-electron chi connectivity index (χ3n) is 2.40. The Morgan fingerprint density at radius 2 is 2.20 bits per heavy atom. The number of hydrogen-bond donors (Lipinski definition) is 0. The highest BCUT2D eigenvalue weighted by Gasteiger charge is 2.11. The molecule has 2 aromatic heterocycles. The van der Waals surface area contributed by atoms with Crippen LogP contribution >= 0.6 is 11.6 Å². The number of hydrogen-bond acceptors (Lipinski definition) is 1. The van der Waals surface area contributed by atoms with Crippen molar-refractivity contribution in [1.29, 1.82) is 0 Å². The fourth-order valence-corrected chi connectivity index (χ4v) is 1.72. The van der Waals surface area contributed by atoms with E-state index < -0.39 is 0 Å². The molecule has 0 N–H and O–H groups in total. The molecule has 0 spiro atoms. The van der Waals surface area contributed by atoms with Gasteiger partial charge in [-0.3, -0.25) is 4.40 Å². The summed E-state index contributed by atoms with van der Waals surface area (Å²) in [6, 6.07) is 3.59. The lowest BCUT2D eigenvalue weighted by molar-refractivity contribution is 0.542. The minimum absolute atomic E-state index is 0.163. The van der Waals surface area contributed by atoms with Crippen LogP contribution in [0.3, 0.4) is 0 Å². The zero-order chi connectivity index (χ0) is 11.0. The molecule has 0 radical (unpaired) electrons. The van der Waals surface area contributed by atoms with Crippen LogP contribution < -0.4 is 0 Å². The summed E-state index contributed by atoms with van der Waals surface area (Å²) >= 11 is 5.65. The van der Waals surface area contributed by atoms with Gasteiger partial charge in [-0.15, -0.1) is 11.6 Å². The number of rotatable bonds is 2. The number of pyridine rings is 1. The minimum atomic E-state index is -0.244. The maximum absolute atomic E-state index is 13.9. The van der Waals surface area contributed by atoms with E-state index in [1.165, 1.54) is 4.40 Å². The van der Waals surface area contributed by atoms with Crippen LogP contribution in [0.25, 0.3) is 5.65 Å². The van der Waals surface area contributed by atoms with E-state index in [0.29, 0.717) is 22.8 Å². The average Bonchev–Trinajstić information content (AvgIpc) is 2.61. The molecule has 0 amide bonds. The highest BCUT2D eigenvalue weighted by Crippen LogP contribution is 2.20. The van der Waals surface area contributed by atoms with Gasteiger partial charge in [0.15, 0.2) is 0 Å². The smallest absolute Gasteiger partial charge is 0.202 e. The molecule has 0 aromatic carbocycles. The summed E-state index contributed by atoms with van der Waals surface area (Å²) in [4.78, 5) is 4.18. The summed E-state index contributed by atoms with van der Waals surface area (Å²) in [6.07, 6.45) is 1.64. The average molecular weight is 227 g/mol. The van der Waals surface area contributed by atoms with Crippen LogP contribution in [0.1, 0.15) is 31.0 Å². The SMILES string of the molecule is CC(C)c1ccc2nc(CCl)cn2c1F. The van der Waals surface area contributed by atoms with Crippen molar-refractivity contribution >= 4 is 17.2 Å². The van der Waals surface area contributed by atoms with Crippen molar-refractivity contribution < 1.29 is 4.39 Å². The van der Waals surface area contributed by atoms with Gasteiger partial charge in [-0.05, 0) is 12.0 Å². The first-order valence-corrected chi connectivity index (χ1v) is 5.39. The molecule has 2 heterocycles. The summed E-state index contributed by atoms with van der Waals surface area (Å²) in [7, 11) is 0. The number of halogens is 2. The molecular formula is C11H12ClFN2. The summed E-state index contributed by atoms with van der Waals surface area (Å²) in [5, 5.41) is 0. The van der Waals surface area contributed by atoms with Crippen LogP contribution in [0.5, 0.6) is 0 Å². The van der Waals surface area contributed by atoms with Crippen LogP contribution in [0, 0.1) is 5.95 Å². The molecule has 80 valence electrons. The normalized spacial score (nSPS) is 11.5. The van der Waals surface area contributed by atoms with Gasteiger partial charge in [0.25, 0.3) is 0 Å². The van der Waals surface area contributed by atoms with Gasteiger partial charge in [0, 0.05) is 11.8 Å². The van der Waals surface area contributed by atoms with E-state index in [2.05, 4.69) is 4.98 Å². The van der Waals surface area contributed by atoms with Crippen molar-refractivity contribution in [2.24, 2.45) is 0 Å². The lowest BCUT2D eigenvalue weighted by atomic mass is 10.1. The Morgan fingerprint density at radius 1 is 1.47 bits per heavy atom. The molecule has 4 heteroatoms. The molecule has 2 rings (SSSR count). The van der Waals surface area contributed by atoms with Crippen molar-refractivity contribution in [1.82, 2.24) is 9.38 Å². The van der Waals surface area contributed by atoms with Gasteiger partial charge in [-0.25, -0.2) is 4.98 Å². The maximum Gasteiger partial charge on any atom is 0.202 e. The van der Waals surface area contributed by atoms with Crippen molar-refractivity contribution in [2.75, 3.05) is 0 Å². The molecule has 15 heavy (non-hydrogen) atoms. The van der Waals surface area contributed by atoms with Crippen LogP contribution in [0.15, 0.2) is 18.3 Å². The van der Waals surface area contributed by atoms with E-state index in [9.17, 15) is 4.39 Å². The van der Waals surface area contributed by atoms with E-state index in [-0.39, 0.29) is 11.9 Å². The zero-order valence-electron chi connectivity index (χ0n) is 8.67. The quantitative estimate of drug-likeness (QED) is 0.567. The Bertz CT molecular complexity index is 491. The van der Waals surface area contributed by atoms with Crippen molar-refractivity contribution in [3.8, 4) is 0 Å². The van der Waals surface area contributed by atoms with Crippen LogP contribution in [-0.4, -0.2) is 9.38 Å². The van der Waals surface area contributed by atoms with E-state index in [1.807, 2.05) is 19.9 Å². The van der Waals surface area contributed by atoms with Gasteiger partial charge in [0.05, 0.1) is 11.6 Å². The number of fused-ring (bicyclic) bond motifs is 1. The number of nitrogens with zero attached hydrogens (tertiary/aromatic N) is 2. The largest absolute Gasteiger partial charge is 0.276 e. The van der Waals surface area contributed by atoms with Crippen molar-refractivity contribution in [2.45, 2.75) is 25.6 Å². The Hall–Kier alpha value is -1.09. The second-order valence-electron chi connectivity index (χ2n) is 3.83. The van der Waals surface area contributed by atoms with Gasteiger partial charge in [0.2, 0.25) is 5.95 Å². The number of imidazole rings is 1. The third-order valence-corrected chi connectivity index (χ3v) is 2.68. The van der Waals surface area contributed by atoms with Gasteiger partial charge in [-0.1, -0.05) is 19.9 Å². The molecule has 0 saturated heterocycles. The number of alkyl halides is 1. The van der Waals surface area contributed by atoms with Crippen molar-refractivity contribution in [3.05, 3.63) is 35.5 Å². The molecule has 0 aliphatic rings. The van der Waals surface area contributed by atoms with Crippen LogP contribution in [0.2, 0.25) is 0 Å². The first-order chi connectivity index (χ1) is 7.13. The fourth-order valence-electron chi connectivity index (χ4n) is 1.59. The van der Waals surface area contributed by atoms with E-state index >= 15 is 0 Å². The third kappa shape index (κ3) is 1.72. The standard InChI is InChI=1S/C11H12ClFN2/c1-7(2)9-3-4-10-14-8(5-12)6-15(10)11(9)13/h3-4,6-7H,5H2,1-2H3. The molecule has 0 unspecified atom stereocenters. The van der Waals surface area contributed by atoms with Gasteiger partial charge in [0.1, 0.15) is 5.65 Å². The predicted octanol–water partition coefficient (Wildman–Crippen LogP) is 3.34. The van der Waals surface area contributed by atoms with E-state index in [0.717, 1.165) is 0 Å². The summed E-state index contributed by atoms with van der Waals surface area (Å²) in [5.41, 5.74) is 1.99. The van der Waals surface area contributed by atoms with Crippen LogP contribution in [0.4, 0.5) is 4.39 Å². The Morgan fingerprint density at radius 3 is 2.80 bits per heavy atom. The van der Waals surface area contributed by atoms with E-state index in [1.54, 1.807) is 12.3 Å². The molecule has 0 saturated carbocycles. The van der Waals surface area contributed by atoms with Crippen molar-refractivity contribution in [3.63, 3.8) is 0 Å². The van der Waals surface area contributed by atoms with Gasteiger partial charge >= 0.3 is 0 Å². The maximum atomic E-state index is 13.9. The Kier molecular flexibility index (Phi) is 2.65. The highest BCUT2D eigenvalue weighted by atomic mass is 35.5. The predicted molar refractivity (Wildman–Crippen MR) is 58.8 cm³/mol. The second kappa shape index (κ2) is 3.81. The first kappa shape index (κ1) is 10.4. The number of aromatic nitrogens is 2. The molecule has 0 bridgehead atoms. The minimum Gasteiger partial charge on any atom is -0.276 e. The Balaban J connectivity index is 2.67. The fraction of sp³-hybridized carbons (Fsp3) is 0.364. The molecule has 2 nitrogen and oxygen atoms in total. The molecule has 0 atom stereocenters. The lowest BCUT2D eigenvalue weighted by Gasteiger charge is -2.07. The molecule has 2 aromatic rings. The summed E-state index contributed by atoms with van der Waals surface area (Å²) in [6.45, 7) is 3.92.